The van der Waals surface area contributed by atoms with Gasteiger partial charge in [0.1, 0.15) is 0 Å². The second-order valence-electron chi connectivity index (χ2n) is 3.87. The minimum atomic E-state index is -2.45. The van der Waals surface area contributed by atoms with E-state index in [4.69, 9.17) is 11.5 Å². The predicted octanol–water partition coefficient (Wildman–Crippen LogP) is 1.56. The number of hydrogen-bond donors (Lipinski definition) is 3. The van der Waals surface area contributed by atoms with E-state index < -0.39 is 5.85 Å². The first-order chi connectivity index (χ1) is 7.49. The molecular formula is C12H13FN2O. The first-order valence-electron chi connectivity index (χ1n) is 4.93. The van der Waals surface area contributed by atoms with Crippen LogP contribution in [-0.2, 0) is 0 Å². The van der Waals surface area contributed by atoms with E-state index in [0.717, 1.165) is 5.56 Å². The molecule has 0 saturated heterocycles. The van der Waals surface area contributed by atoms with Crippen LogP contribution < -0.4 is 11.5 Å². The van der Waals surface area contributed by atoms with Gasteiger partial charge in [0.05, 0.1) is 5.70 Å². The molecule has 4 heteroatoms. The van der Waals surface area contributed by atoms with Crippen LogP contribution in [0.5, 0.6) is 0 Å². The van der Waals surface area contributed by atoms with Crippen molar-refractivity contribution in [2.75, 3.05) is 5.73 Å². The van der Waals surface area contributed by atoms with Crippen molar-refractivity contribution in [1.82, 2.24) is 0 Å². The Morgan fingerprint density at radius 1 is 1.12 bits per heavy atom. The van der Waals surface area contributed by atoms with Crippen LogP contribution in [0.4, 0.5) is 10.1 Å². The maximum atomic E-state index is 13.6. The van der Waals surface area contributed by atoms with Crippen LogP contribution in [0.2, 0.25) is 0 Å². The average Bonchev–Trinajstić information content (AvgIpc) is 2.23. The Balaban J connectivity index is 2.34. The highest BCUT2D eigenvalue weighted by Gasteiger charge is 2.33. The van der Waals surface area contributed by atoms with Gasteiger partial charge >= 0.3 is 0 Å². The highest BCUT2D eigenvalue weighted by Crippen LogP contribution is 2.33. The average molecular weight is 220 g/mol. The molecule has 0 amide bonds. The van der Waals surface area contributed by atoms with E-state index in [1.807, 2.05) is 0 Å². The summed E-state index contributed by atoms with van der Waals surface area (Å²) < 4.78 is 13.6. The van der Waals surface area contributed by atoms with Crippen molar-refractivity contribution in [2.24, 2.45) is 5.73 Å². The molecule has 2 rings (SSSR count). The number of hydrogen-bond acceptors (Lipinski definition) is 3. The number of nitrogens with two attached hydrogens (primary N) is 2. The van der Waals surface area contributed by atoms with Gasteiger partial charge in [-0.1, -0.05) is 18.2 Å². The lowest BCUT2D eigenvalue weighted by Crippen LogP contribution is -2.32. The third-order valence-electron chi connectivity index (χ3n) is 2.61. The molecule has 0 spiro atoms. The zero-order valence-corrected chi connectivity index (χ0v) is 8.65. The molecule has 0 saturated carbocycles. The summed E-state index contributed by atoms with van der Waals surface area (Å²) in [6, 6.07) is 7.03. The van der Waals surface area contributed by atoms with Gasteiger partial charge in [-0.3, -0.25) is 0 Å². The maximum absolute atomic E-state index is 13.6. The summed E-state index contributed by atoms with van der Waals surface area (Å²) in [6.07, 6.45) is 2.95. The molecule has 1 aromatic carbocycles. The summed E-state index contributed by atoms with van der Waals surface area (Å²) in [4.78, 5) is 0. The molecule has 0 radical (unpaired) electrons. The zero-order valence-electron chi connectivity index (χ0n) is 8.65. The van der Waals surface area contributed by atoms with E-state index in [9.17, 15) is 9.50 Å². The molecule has 0 heterocycles. The Morgan fingerprint density at radius 2 is 1.75 bits per heavy atom. The summed E-state index contributed by atoms with van der Waals surface area (Å²) in [6.45, 7) is 0. The van der Waals surface area contributed by atoms with E-state index in [0.29, 0.717) is 11.3 Å². The van der Waals surface area contributed by atoms with Gasteiger partial charge in [-0.05, 0) is 29.3 Å². The molecule has 0 aliphatic heterocycles. The molecule has 0 fully saturated rings. The van der Waals surface area contributed by atoms with Crippen LogP contribution in [0.15, 0.2) is 42.1 Å². The smallest absolute Gasteiger partial charge is 0.251 e. The molecule has 3 nitrogen and oxygen atoms in total. The van der Waals surface area contributed by atoms with E-state index in [-0.39, 0.29) is 12.1 Å². The SMILES string of the molecule is NC1=CC=C(c2ccc(N)cc2)CC1(O)F. The lowest BCUT2D eigenvalue weighted by molar-refractivity contribution is -0.0491. The number of nitrogen functional groups attached to an aromatic ring is 1. The van der Waals surface area contributed by atoms with Crippen molar-refractivity contribution in [1.29, 1.82) is 0 Å². The summed E-state index contributed by atoms with van der Waals surface area (Å²) in [5.41, 5.74) is 12.9. The van der Waals surface area contributed by atoms with Crippen molar-refractivity contribution in [3.05, 3.63) is 47.7 Å². The Hall–Kier alpha value is -1.81. The van der Waals surface area contributed by atoms with Crippen LogP contribution in [-0.4, -0.2) is 11.0 Å². The topological polar surface area (TPSA) is 72.3 Å². The molecule has 5 N–H and O–H groups in total. The number of anilines is 1. The predicted molar refractivity (Wildman–Crippen MR) is 61.8 cm³/mol. The summed E-state index contributed by atoms with van der Waals surface area (Å²) in [5.74, 6) is -2.45. The Morgan fingerprint density at radius 3 is 2.31 bits per heavy atom. The largest absolute Gasteiger partial charge is 0.399 e. The quantitative estimate of drug-likeness (QED) is 0.629. The molecule has 16 heavy (non-hydrogen) atoms. The summed E-state index contributed by atoms with van der Waals surface area (Å²) in [7, 11) is 0. The van der Waals surface area contributed by atoms with Crippen molar-refractivity contribution in [3.8, 4) is 0 Å². The number of aliphatic hydroxyl groups is 1. The van der Waals surface area contributed by atoms with Crippen LogP contribution in [0.25, 0.3) is 5.57 Å². The van der Waals surface area contributed by atoms with Crippen molar-refractivity contribution >= 4 is 11.3 Å². The summed E-state index contributed by atoms with van der Waals surface area (Å²) >= 11 is 0. The normalized spacial score (nSPS) is 24.9. The molecule has 1 aromatic rings. The molecule has 0 bridgehead atoms. The van der Waals surface area contributed by atoms with Gasteiger partial charge in [0, 0.05) is 12.1 Å². The van der Waals surface area contributed by atoms with Gasteiger partial charge in [0.2, 0.25) is 0 Å². The molecule has 1 atom stereocenters. The number of allylic oxidation sites excluding steroid dienone is 2. The van der Waals surface area contributed by atoms with Crippen molar-refractivity contribution in [3.63, 3.8) is 0 Å². The molecular weight excluding hydrogens is 207 g/mol. The van der Waals surface area contributed by atoms with E-state index >= 15 is 0 Å². The second kappa shape index (κ2) is 3.64. The van der Waals surface area contributed by atoms with E-state index in [1.165, 1.54) is 6.08 Å². The Bertz CT molecular complexity index is 460. The first kappa shape index (κ1) is 10.7. The fourth-order valence-corrected chi connectivity index (χ4v) is 1.63. The van der Waals surface area contributed by atoms with Gasteiger partial charge < -0.3 is 16.6 Å². The third-order valence-corrected chi connectivity index (χ3v) is 2.61. The highest BCUT2D eigenvalue weighted by atomic mass is 19.2. The fraction of sp³-hybridized carbons (Fsp3) is 0.167. The monoisotopic (exact) mass is 220 g/mol. The minimum absolute atomic E-state index is 0.140. The molecule has 0 aromatic heterocycles. The van der Waals surface area contributed by atoms with Crippen LogP contribution >= 0.6 is 0 Å². The van der Waals surface area contributed by atoms with Crippen LogP contribution in [0.3, 0.4) is 0 Å². The molecule has 1 aliphatic carbocycles. The Labute approximate surface area is 92.9 Å². The second-order valence-corrected chi connectivity index (χ2v) is 3.87. The molecule has 84 valence electrons. The summed E-state index contributed by atoms with van der Waals surface area (Å²) in [5, 5.41) is 9.40. The van der Waals surface area contributed by atoms with Crippen LogP contribution in [0.1, 0.15) is 12.0 Å². The first-order valence-corrected chi connectivity index (χ1v) is 4.93. The number of benzene rings is 1. The minimum Gasteiger partial charge on any atom is -0.399 e. The lowest BCUT2D eigenvalue weighted by atomic mass is 9.92. The van der Waals surface area contributed by atoms with Gasteiger partial charge in [-0.25, -0.2) is 4.39 Å². The number of rotatable bonds is 1. The Kier molecular flexibility index (Phi) is 2.44. The maximum Gasteiger partial charge on any atom is 0.251 e. The van der Waals surface area contributed by atoms with Gasteiger partial charge in [0.15, 0.2) is 0 Å². The van der Waals surface area contributed by atoms with E-state index in [2.05, 4.69) is 0 Å². The lowest BCUT2D eigenvalue weighted by Gasteiger charge is -2.24. The van der Waals surface area contributed by atoms with Gasteiger partial charge in [0.25, 0.3) is 5.85 Å². The fourth-order valence-electron chi connectivity index (χ4n) is 1.63. The van der Waals surface area contributed by atoms with E-state index in [1.54, 1.807) is 30.3 Å². The van der Waals surface area contributed by atoms with Crippen LogP contribution in [0, 0.1) is 0 Å². The van der Waals surface area contributed by atoms with Gasteiger partial charge in [-0.15, -0.1) is 0 Å². The van der Waals surface area contributed by atoms with Crippen molar-refractivity contribution in [2.45, 2.75) is 12.3 Å². The van der Waals surface area contributed by atoms with Crippen molar-refractivity contribution < 1.29 is 9.50 Å². The number of halogens is 1. The van der Waals surface area contributed by atoms with Gasteiger partial charge in [-0.2, -0.15) is 0 Å². The third kappa shape index (κ3) is 1.92. The molecule has 1 aliphatic rings. The standard InChI is InChI=1S/C12H13FN2O/c13-12(16)7-9(3-6-11(12)15)8-1-4-10(14)5-2-8/h1-6,16H,7,14-15H2. The number of alkyl halides is 1. The highest BCUT2D eigenvalue weighted by molar-refractivity contribution is 5.70. The molecule has 1 unspecified atom stereocenters. The zero-order chi connectivity index (χ0) is 11.8.